The van der Waals surface area contributed by atoms with E-state index in [-0.39, 0.29) is 12.3 Å². The standard InChI is InChI=1S/C9H13NO2/c1-10-6-9(12)7-3-2-4-8(11)5-7/h2-5,9-12H,6H2,1H3/i1D3. The first-order valence-electron chi connectivity index (χ1n) is 5.10. The van der Waals surface area contributed by atoms with Crippen LogP contribution in [0.3, 0.4) is 0 Å². The molecule has 1 aromatic carbocycles. The number of benzene rings is 1. The fourth-order valence-electron chi connectivity index (χ4n) is 0.947. The number of aliphatic hydroxyl groups excluding tert-OH is 1. The van der Waals surface area contributed by atoms with E-state index in [2.05, 4.69) is 5.32 Å². The minimum Gasteiger partial charge on any atom is -0.508 e. The molecule has 0 heterocycles. The molecule has 0 aliphatic heterocycles. The Morgan fingerprint density at radius 3 is 3.17 bits per heavy atom. The van der Waals surface area contributed by atoms with Crippen LogP contribution >= 0.6 is 0 Å². The molecule has 1 rings (SSSR count). The molecule has 0 aliphatic carbocycles. The van der Waals surface area contributed by atoms with Crippen molar-refractivity contribution in [3.8, 4) is 5.75 Å². The highest BCUT2D eigenvalue weighted by atomic mass is 16.3. The summed E-state index contributed by atoms with van der Waals surface area (Å²) in [7, 11) is 0. The quantitative estimate of drug-likeness (QED) is 0.624. The van der Waals surface area contributed by atoms with E-state index >= 15 is 0 Å². The van der Waals surface area contributed by atoms with Crippen molar-refractivity contribution in [2.24, 2.45) is 0 Å². The van der Waals surface area contributed by atoms with Crippen molar-refractivity contribution in [3.05, 3.63) is 29.8 Å². The number of likely N-dealkylation sites (N-methyl/N-ethyl adjacent to an activating group) is 1. The van der Waals surface area contributed by atoms with Gasteiger partial charge in [0.05, 0.1) is 6.10 Å². The normalized spacial score (nSPS) is 17.6. The molecule has 1 atom stereocenters. The van der Waals surface area contributed by atoms with Crippen molar-refractivity contribution < 1.29 is 14.3 Å². The molecule has 0 aromatic heterocycles. The Morgan fingerprint density at radius 1 is 1.67 bits per heavy atom. The summed E-state index contributed by atoms with van der Waals surface area (Å²) in [5, 5.41) is 20.9. The zero-order valence-electron chi connectivity index (χ0n) is 9.49. The highest BCUT2D eigenvalue weighted by molar-refractivity contribution is 5.28. The van der Waals surface area contributed by atoms with Gasteiger partial charge in [0.25, 0.3) is 0 Å². The molecule has 1 unspecified atom stereocenters. The first kappa shape index (κ1) is 5.56. The maximum atomic E-state index is 9.58. The zero-order valence-corrected chi connectivity index (χ0v) is 6.49. The summed E-state index contributed by atoms with van der Waals surface area (Å²) >= 11 is 0. The number of hydrogen-bond donors (Lipinski definition) is 3. The lowest BCUT2D eigenvalue weighted by Crippen LogP contribution is -2.16. The molecule has 1 aromatic rings. The van der Waals surface area contributed by atoms with Crippen LogP contribution in [0.5, 0.6) is 5.75 Å². The molecule has 0 aliphatic rings. The Kier molecular flexibility index (Phi) is 1.90. The lowest BCUT2D eigenvalue weighted by molar-refractivity contribution is 0.177. The largest absolute Gasteiger partial charge is 0.508 e. The molecule has 0 amide bonds. The van der Waals surface area contributed by atoms with Gasteiger partial charge in [0.1, 0.15) is 5.75 Å². The van der Waals surface area contributed by atoms with Gasteiger partial charge in [-0.2, -0.15) is 0 Å². The van der Waals surface area contributed by atoms with Crippen LogP contribution in [0, 0.1) is 0 Å². The summed E-state index contributed by atoms with van der Waals surface area (Å²) in [6.07, 6.45) is -0.947. The monoisotopic (exact) mass is 170 g/mol. The molecule has 12 heavy (non-hydrogen) atoms. The van der Waals surface area contributed by atoms with Crippen LogP contribution in [0.25, 0.3) is 0 Å². The Hall–Kier alpha value is -1.06. The fourth-order valence-corrected chi connectivity index (χ4v) is 0.947. The minimum absolute atomic E-state index is 0.0421. The number of aromatic hydroxyl groups is 1. The van der Waals surface area contributed by atoms with Gasteiger partial charge in [-0.3, -0.25) is 0 Å². The van der Waals surface area contributed by atoms with Crippen LogP contribution < -0.4 is 5.32 Å². The van der Waals surface area contributed by atoms with Gasteiger partial charge in [-0.1, -0.05) is 12.1 Å². The van der Waals surface area contributed by atoms with E-state index in [1.54, 1.807) is 12.1 Å². The van der Waals surface area contributed by atoms with Crippen LogP contribution in [0.1, 0.15) is 15.8 Å². The maximum absolute atomic E-state index is 9.58. The Balaban J connectivity index is 2.58. The van der Waals surface area contributed by atoms with Gasteiger partial charge in [0.15, 0.2) is 0 Å². The number of hydrogen-bond acceptors (Lipinski definition) is 3. The zero-order chi connectivity index (χ0) is 11.5. The summed E-state index contributed by atoms with van der Waals surface area (Å²) in [5.41, 5.74) is 0.478. The van der Waals surface area contributed by atoms with Crippen molar-refractivity contribution >= 4 is 0 Å². The van der Waals surface area contributed by atoms with Crippen LogP contribution in [0.4, 0.5) is 0 Å². The van der Waals surface area contributed by atoms with Gasteiger partial charge >= 0.3 is 0 Å². The average Bonchev–Trinajstić information content (AvgIpc) is 2.13. The van der Waals surface area contributed by atoms with Crippen molar-refractivity contribution in [2.45, 2.75) is 6.10 Å². The molecule has 66 valence electrons. The van der Waals surface area contributed by atoms with Crippen molar-refractivity contribution in [1.29, 1.82) is 0 Å². The molecule has 3 nitrogen and oxygen atoms in total. The molecule has 0 fully saturated rings. The predicted molar refractivity (Wildman–Crippen MR) is 47.0 cm³/mol. The number of aliphatic hydroxyl groups is 1. The van der Waals surface area contributed by atoms with Gasteiger partial charge < -0.3 is 15.5 Å². The number of nitrogens with one attached hydrogen (secondary N) is 1. The summed E-state index contributed by atoms with van der Waals surface area (Å²) in [6.45, 7) is -2.35. The Bertz CT molecular complexity index is 327. The number of rotatable bonds is 3. The van der Waals surface area contributed by atoms with E-state index in [1.165, 1.54) is 12.1 Å². The maximum Gasteiger partial charge on any atom is 0.115 e. The fraction of sp³-hybridized carbons (Fsp3) is 0.333. The molecular formula is C9H13NO2. The predicted octanol–water partition coefficient (Wildman–Crippen LogP) is 0.645. The second kappa shape index (κ2) is 4.09. The summed E-state index contributed by atoms with van der Waals surface area (Å²) in [5.74, 6) is 0.0421. The van der Waals surface area contributed by atoms with Crippen LogP contribution in [-0.2, 0) is 0 Å². The first-order chi connectivity index (χ1) is 6.88. The van der Waals surface area contributed by atoms with Gasteiger partial charge in [0, 0.05) is 10.7 Å². The molecule has 3 heteroatoms. The summed E-state index contributed by atoms with van der Waals surface area (Å²) in [4.78, 5) is 0. The highest BCUT2D eigenvalue weighted by Gasteiger charge is 2.05. The molecule has 0 radical (unpaired) electrons. The second-order valence-electron chi connectivity index (χ2n) is 2.49. The minimum atomic E-state index is -2.27. The van der Waals surface area contributed by atoms with Gasteiger partial charge in [-0.15, -0.1) is 0 Å². The van der Waals surface area contributed by atoms with E-state index in [1.807, 2.05) is 0 Å². The van der Waals surface area contributed by atoms with Crippen LogP contribution in [0.2, 0.25) is 0 Å². The molecule has 0 saturated carbocycles. The van der Waals surface area contributed by atoms with Crippen molar-refractivity contribution in [2.75, 3.05) is 13.5 Å². The van der Waals surface area contributed by atoms with E-state index in [9.17, 15) is 5.11 Å². The molecule has 0 saturated heterocycles. The summed E-state index contributed by atoms with van der Waals surface area (Å²) < 4.78 is 20.7. The Morgan fingerprint density at radius 2 is 2.50 bits per heavy atom. The second-order valence-corrected chi connectivity index (χ2v) is 2.49. The smallest absolute Gasteiger partial charge is 0.115 e. The topological polar surface area (TPSA) is 52.5 Å². The van der Waals surface area contributed by atoms with Gasteiger partial charge in [0.2, 0.25) is 0 Å². The van der Waals surface area contributed by atoms with Gasteiger partial charge in [-0.05, 0) is 24.7 Å². The first-order valence-corrected chi connectivity index (χ1v) is 3.60. The highest BCUT2D eigenvalue weighted by Crippen LogP contribution is 2.17. The van der Waals surface area contributed by atoms with E-state index in [0.717, 1.165) is 0 Å². The van der Waals surface area contributed by atoms with Crippen molar-refractivity contribution in [3.63, 3.8) is 0 Å². The van der Waals surface area contributed by atoms with Crippen molar-refractivity contribution in [1.82, 2.24) is 5.32 Å². The van der Waals surface area contributed by atoms with E-state index in [0.29, 0.717) is 5.56 Å². The van der Waals surface area contributed by atoms with E-state index < -0.39 is 13.1 Å². The number of phenols is 1. The Labute approximate surface area is 75.9 Å². The summed E-state index contributed by atoms with van der Waals surface area (Å²) in [6, 6.07) is 6.08. The average molecular weight is 170 g/mol. The molecule has 3 N–H and O–H groups in total. The molecule has 0 bridgehead atoms. The number of phenolic OH excluding ortho intramolecular Hbond substituents is 1. The SMILES string of the molecule is [2H]C([2H])([2H])NCC(O)c1cccc(O)c1. The molecular weight excluding hydrogens is 154 g/mol. The third-order valence-corrected chi connectivity index (χ3v) is 1.55. The van der Waals surface area contributed by atoms with E-state index in [4.69, 9.17) is 9.22 Å². The van der Waals surface area contributed by atoms with Gasteiger partial charge in [-0.25, -0.2) is 0 Å². The van der Waals surface area contributed by atoms with Crippen LogP contribution in [0.15, 0.2) is 24.3 Å². The lowest BCUT2D eigenvalue weighted by Gasteiger charge is -2.09. The molecule has 0 spiro atoms. The third-order valence-electron chi connectivity index (χ3n) is 1.55. The van der Waals surface area contributed by atoms with Crippen LogP contribution in [-0.4, -0.2) is 23.7 Å². The lowest BCUT2D eigenvalue weighted by atomic mass is 10.1. The third kappa shape index (κ3) is 2.22.